The first kappa shape index (κ1) is 13.9. The van der Waals surface area contributed by atoms with Gasteiger partial charge in [0, 0.05) is 0 Å². The molecule has 0 saturated carbocycles. The summed E-state index contributed by atoms with van der Waals surface area (Å²) in [6.45, 7) is 0. The molecule has 0 saturated heterocycles. The molecule has 0 radical (unpaired) electrons. The van der Waals surface area contributed by atoms with E-state index in [4.69, 9.17) is 0 Å². The van der Waals surface area contributed by atoms with Gasteiger partial charge in [0.1, 0.15) is 0 Å². The van der Waals surface area contributed by atoms with E-state index < -0.39 is 7.25 Å². The summed E-state index contributed by atoms with van der Waals surface area (Å²) in [5.74, 6) is 0. The Kier molecular flexibility index (Phi) is 7.16. The Balaban J connectivity index is 0.000000292. The van der Waals surface area contributed by atoms with Gasteiger partial charge in [-0.25, -0.2) is 0 Å². The summed E-state index contributed by atoms with van der Waals surface area (Å²) in [6.07, 6.45) is 11.7. The van der Waals surface area contributed by atoms with Gasteiger partial charge in [-0.1, -0.05) is 0 Å². The molecule has 6 heteroatoms. The molecule has 0 unspecified atom stereocenters. The fourth-order valence-electron chi connectivity index (χ4n) is 0.882. The summed E-state index contributed by atoms with van der Waals surface area (Å²) in [5, 5.41) is 0. The third kappa shape index (κ3) is 14.4. The average Bonchev–Trinajstić information content (AvgIpc) is 1.93. The molecule has 0 N–H and O–H groups in total. The molecule has 0 nitrogen and oxygen atoms in total. The predicted molar refractivity (Wildman–Crippen MR) is 45.9 cm³/mol. The van der Waals surface area contributed by atoms with E-state index in [9.17, 15) is 17.3 Å². The number of hydrogen-bond donors (Lipinski definition) is 0. The van der Waals surface area contributed by atoms with Crippen molar-refractivity contribution >= 4 is 7.25 Å². The maximum absolute atomic E-state index is 9.75. The van der Waals surface area contributed by atoms with E-state index in [1.807, 2.05) is 0 Å². The fraction of sp³-hybridized carbons (Fsp3) is 0.500. The van der Waals surface area contributed by atoms with Crippen molar-refractivity contribution in [2.45, 2.75) is 25.7 Å². The molecule has 1 rings (SSSR count). The minimum absolute atomic E-state index is 1.21. The summed E-state index contributed by atoms with van der Waals surface area (Å²) in [5.41, 5.74) is 0. The Morgan fingerprint density at radius 2 is 1.50 bits per heavy atom. The van der Waals surface area contributed by atoms with Crippen LogP contribution in [0.25, 0.3) is 0 Å². The van der Waals surface area contributed by atoms with Gasteiger partial charge in [-0.3, -0.25) is 0 Å². The van der Waals surface area contributed by atoms with Crippen LogP contribution in [-0.2, 0) is 18.3 Å². The molecule has 0 atom stereocenters. The Bertz CT molecular complexity index is 204. The number of rotatable bonds is 0. The molecule has 0 spiro atoms. The van der Waals surface area contributed by atoms with E-state index in [-0.39, 0.29) is 0 Å². The molecule has 0 amide bonds. The van der Waals surface area contributed by atoms with Gasteiger partial charge in [-0.2, -0.15) is 0 Å². The van der Waals surface area contributed by atoms with Crippen LogP contribution in [0.5, 0.6) is 0 Å². The first-order valence-electron chi connectivity index (χ1n) is 4.24. The normalized spacial score (nSPS) is 23.4. The molecule has 1 aliphatic rings. The van der Waals surface area contributed by atoms with Crippen LogP contribution >= 0.6 is 0 Å². The van der Waals surface area contributed by atoms with E-state index in [1.165, 1.54) is 29.9 Å². The van der Waals surface area contributed by atoms with Crippen LogP contribution in [0.2, 0.25) is 0 Å². The topological polar surface area (TPSA) is 0 Å². The third-order valence-corrected chi connectivity index (χ3v) is 2.14. The van der Waals surface area contributed by atoms with Gasteiger partial charge in [-0.05, 0) is 0 Å². The monoisotopic (exact) mass is 297 g/mol. The summed E-state index contributed by atoms with van der Waals surface area (Å²) in [4.78, 5) is 0. The Morgan fingerprint density at radius 1 is 1.00 bits per heavy atom. The van der Waals surface area contributed by atoms with Gasteiger partial charge in [0.05, 0.1) is 0 Å². The van der Waals surface area contributed by atoms with Crippen molar-refractivity contribution in [1.29, 1.82) is 0 Å². The quantitative estimate of drug-likeness (QED) is 0.362. The van der Waals surface area contributed by atoms with Gasteiger partial charge < -0.3 is 17.3 Å². The van der Waals surface area contributed by atoms with Crippen molar-refractivity contribution in [2.75, 3.05) is 0 Å². The zero-order valence-corrected chi connectivity index (χ0v) is 9.12. The SMILES string of the molecule is F[B-](F)(F)F.[Rh]/[C]1=C/CC/C=C\CC1. The molecule has 84 valence electrons. The molecule has 0 aromatic rings. The van der Waals surface area contributed by atoms with E-state index in [2.05, 4.69) is 36.5 Å². The molecule has 0 fully saturated rings. The standard InChI is InChI=1S/C8H11.BF4.Rh/c1-2-4-6-8-7-5-3-1;2-1(3,4)5;/h1-2,7H,3-6H2;;/q;-1;/b2-1-,8-7?;;. The van der Waals surface area contributed by atoms with Crippen LogP contribution in [0.4, 0.5) is 17.3 Å². The first-order valence-corrected chi connectivity index (χ1v) is 5.06. The first-order chi connectivity index (χ1) is 6.39. The van der Waals surface area contributed by atoms with Crippen LogP contribution in [-0.4, -0.2) is 7.25 Å². The second-order valence-electron chi connectivity index (χ2n) is 2.70. The van der Waals surface area contributed by atoms with E-state index in [0.29, 0.717) is 0 Å². The molecule has 0 aliphatic heterocycles. The average molecular weight is 297 g/mol. The summed E-state index contributed by atoms with van der Waals surface area (Å²) in [7, 11) is -6.00. The number of hydrogen-bond acceptors (Lipinski definition) is 0. The van der Waals surface area contributed by atoms with Crippen LogP contribution < -0.4 is 0 Å². The molecule has 0 aromatic heterocycles. The van der Waals surface area contributed by atoms with Gasteiger partial charge >= 0.3 is 73.6 Å². The molecule has 0 aromatic carbocycles. The van der Waals surface area contributed by atoms with Crippen molar-refractivity contribution < 1.29 is 35.6 Å². The number of halogens is 4. The zero-order valence-electron chi connectivity index (χ0n) is 7.48. The van der Waals surface area contributed by atoms with Crippen LogP contribution in [0.1, 0.15) is 25.7 Å². The zero-order chi connectivity index (χ0) is 11.0. The van der Waals surface area contributed by atoms with E-state index in [1.54, 1.807) is 0 Å². The van der Waals surface area contributed by atoms with Crippen LogP contribution in [0.3, 0.4) is 0 Å². The van der Waals surface area contributed by atoms with Crippen molar-refractivity contribution in [3.63, 3.8) is 0 Å². The van der Waals surface area contributed by atoms with Crippen LogP contribution in [0.15, 0.2) is 22.4 Å². The maximum atomic E-state index is 9.75. The number of allylic oxidation sites excluding steroid dienone is 4. The molecular formula is C8H11BF4Rh-. The molecule has 0 bridgehead atoms. The van der Waals surface area contributed by atoms with Gasteiger partial charge in [-0.15, -0.1) is 0 Å². The van der Waals surface area contributed by atoms with E-state index in [0.717, 1.165) is 0 Å². The summed E-state index contributed by atoms with van der Waals surface area (Å²) >= 11 is 2.97. The molecule has 0 heterocycles. The van der Waals surface area contributed by atoms with Crippen LogP contribution in [0, 0.1) is 0 Å². The van der Waals surface area contributed by atoms with Gasteiger partial charge in [0.15, 0.2) is 0 Å². The molecule has 1 aliphatic carbocycles. The van der Waals surface area contributed by atoms with E-state index >= 15 is 0 Å². The van der Waals surface area contributed by atoms with Gasteiger partial charge in [0.2, 0.25) is 0 Å². The minimum atomic E-state index is -6.00. The van der Waals surface area contributed by atoms with Crippen molar-refractivity contribution in [3.05, 3.63) is 22.4 Å². The fourth-order valence-corrected chi connectivity index (χ4v) is 1.36. The molecular weight excluding hydrogens is 286 g/mol. The Labute approximate surface area is 91.2 Å². The summed E-state index contributed by atoms with van der Waals surface area (Å²) < 4.78 is 40.4. The van der Waals surface area contributed by atoms with Gasteiger partial charge in [0.25, 0.3) is 0 Å². The second-order valence-corrected chi connectivity index (χ2v) is 3.76. The Morgan fingerprint density at radius 3 is 2.07 bits per heavy atom. The Hall–Kier alpha value is -0.112. The summed E-state index contributed by atoms with van der Waals surface area (Å²) in [6, 6.07) is 0. The predicted octanol–water partition coefficient (Wildman–Crippen LogP) is 3.85. The third-order valence-electron chi connectivity index (χ3n) is 1.40. The van der Waals surface area contributed by atoms with Crippen molar-refractivity contribution in [3.8, 4) is 0 Å². The molecule has 14 heavy (non-hydrogen) atoms. The van der Waals surface area contributed by atoms with Crippen molar-refractivity contribution in [1.82, 2.24) is 0 Å². The van der Waals surface area contributed by atoms with Crippen molar-refractivity contribution in [2.24, 2.45) is 0 Å². The second kappa shape index (κ2) is 7.22.